The van der Waals surface area contributed by atoms with Crippen LogP contribution in [0, 0.1) is 0 Å². The van der Waals surface area contributed by atoms with Crippen LogP contribution in [0.4, 0.5) is 5.82 Å². The van der Waals surface area contributed by atoms with Crippen molar-refractivity contribution in [2.45, 2.75) is 19.4 Å². The van der Waals surface area contributed by atoms with Gasteiger partial charge in [-0.25, -0.2) is 4.98 Å². The first-order valence-electron chi connectivity index (χ1n) is 7.28. The molecule has 0 unspecified atom stereocenters. The second kappa shape index (κ2) is 5.95. The molecule has 1 aromatic heterocycles. The Balaban J connectivity index is 1.96. The van der Waals surface area contributed by atoms with Gasteiger partial charge in [0.15, 0.2) is 0 Å². The lowest BCUT2D eigenvalue weighted by molar-refractivity contribution is 0.0963. The summed E-state index contributed by atoms with van der Waals surface area (Å²) in [6, 6.07) is 12.1. The number of rotatable bonds is 2. The predicted octanol–water partition coefficient (Wildman–Crippen LogP) is 2.39. The first-order chi connectivity index (χ1) is 10.3. The van der Waals surface area contributed by atoms with Crippen LogP contribution in [0.15, 0.2) is 42.6 Å². The molecule has 0 aliphatic carbocycles. The molecule has 2 heterocycles. The average molecular weight is 281 g/mol. The first-order valence-corrected chi connectivity index (χ1v) is 7.28. The number of fused-ring (bicyclic) bond motifs is 1. The third-order valence-corrected chi connectivity index (χ3v) is 3.91. The second-order valence-electron chi connectivity index (χ2n) is 5.25. The molecule has 0 spiro atoms. The van der Waals surface area contributed by atoms with Crippen LogP contribution in [0.5, 0.6) is 0 Å². The lowest BCUT2D eigenvalue weighted by Gasteiger charge is -2.24. The maximum absolute atomic E-state index is 12.0. The molecule has 0 saturated heterocycles. The van der Waals surface area contributed by atoms with E-state index in [0.29, 0.717) is 5.56 Å². The van der Waals surface area contributed by atoms with E-state index in [4.69, 9.17) is 0 Å². The largest absolute Gasteiger partial charge is 0.355 e. The Morgan fingerprint density at radius 1 is 1.19 bits per heavy atom. The Hall–Kier alpha value is -2.36. The molecular weight excluding hydrogens is 262 g/mol. The number of nitrogens with one attached hydrogen (secondary N) is 1. The zero-order valence-electron chi connectivity index (χ0n) is 12.2. The van der Waals surface area contributed by atoms with E-state index in [2.05, 4.69) is 39.5 Å². The number of hydrogen-bond donors (Lipinski definition) is 1. The van der Waals surface area contributed by atoms with Crippen molar-refractivity contribution in [1.29, 1.82) is 0 Å². The number of carbonyl (C=O) groups is 1. The fourth-order valence-electron chi connectivity index (χ4n) is 2.84. The molecule has 0 radical (unpaired) electrons. The van der Waals surface area contributed by atoms with Crippen molar-refractivity contribution in [2.75, 3.05) is 18.5 Å². The molecule has 4 heteroatoms. The number of aryl methyl sites for hydroxylation is 1. The first kappa shape index (κ1) is 13.6. The van der Waals surface area contributed by atoms with Crippen LogP contribution in [-0.4, -0.2) is 24.5 Å². The Kier molecular flexibility index (Phi) is 3.86. The summed E-state index contributed by atoms with van der Waals surface area (Å²) in [6.45, 7) is 1.72. The van der Waals surface area contributed by atoms with E-state index in [9.17, 15) is 4.79 Å². The van der Waals surface area contributed by atoms with E-state index in [1.165, 1.54) is 11.1 Å². The second-order valence-corrected chi connectivity index (χ2v) is 5.25. The molecule has 108 valence electrons. The van der Waals surface area contributed by atoms with Crippen molar-refractivity contribution in [3.8, 4) is 0 Å². The summed E-state index contributed by atoms with van der Waals surface area (Å²) in [5, 5.41) is 2.69. The third-order valence-electron chi connectivity index (χ3n) is 3.91. The van der Waals surface area contributed by atoms with Gasteiger partial charge in [0, 0.05) is 26.3 Å². The van der Waals surface area contributed by atoms with Crippen molar-refractivity contribution < 1.29 is 4.79 Å². The van der Waals surface area contributed by atoms with Gasteiger partial charge < -0.3 is 10.2 Å². The Morgan fingerprint density at radius 2 is 2.00 bits per heavy atom. The summed E-state index contributed by atoms with van der Waals surface area (Å²) < 4.78 is 0. The number of nitrogens with zero attached hydrogens (tertiary/aromatic N) is 2. The monoisotopic (exact) mass is 281 g/mol. The van der Waals surface area contributed by atoms with Gasteiger partial charge in [0.2, 0.25) is 0 Å². The van der Waals surface area contributed by atoms with Gasteiger partial charge in [-0.2, -0.15) is 0 Å². The fraction of sp³-hybridized carbons (Fsp3) is 0.294. The van der Waals surface area contributed by atoms with E-state index in [1.54, 1.807) is 19.3 Å². The third kappa shape index (κ3) is 2.75. The summed E-state index contributed by atoms with van der Waals surface area (Å²) in [5.41, 5.74) is 3.36. The molecule has 4 nitrogen and oxygen atoms in total. The van der Waals surface area contributed by atoms with Crippen LogP contribution in [0.25, 0.3) is 0 Å². The van der Waals surface area contributed by atoms with Crippen molar-refractivity contribution in [3.63, 3.8) is 0 Å². The summed E-state index contributed by atoms with van der Waals surface area (Å²) in [6.07, 6.45) is 3.90. The maximum Gasteiger partial charge on any atom is 0.254 e. The summed E-state index contributed by atoms with van der Waals surface area (Å²) >= 11 is 0. The van der Waals surface area contributed by atoms with Crippen molar-refractivity contribution in [2.24, 2.45) is 0 Å². The molecule has 1 aliphatic rings. The van der Waals surface area contributed by atoms with Gasteiger partial charge in [0.05, 0.1) is 5.56 Å². The van der Waals surface area contributed by atoms with Crippen LogP contribution in [-0.2, 0) is 13.0 Å². The highest BCUT2D eigenvalue weighted by Gasteiger charge is 2.20. The van der Waals surface area contributed by atoms with Gasteiger partial charge in [0.1, 0.15) is 5.82 Å². The van der Waals surface area contributed by atoms with Crippen LogP contribution >= 0.6 is 0 Å². The highest BCUT2D eigenvalue weighted by atomic mass is 16.1. The van der Waals surface area contributed by atoms with E-state index >= 15 is 0 Å². The summed E-state index contributed by atoms with van der Waals surface area (Å²) in [4.78, 5) is 18.7. The Labute approximate surface area is 124 Å². The number of anilines is 1. The summed E-state index contributed by atoms with van der Waals surface area (Å²) in [7, 11) is 1.65. The Morgan fingerprint density at radius 3 is 2.81 bits per heavy atom. The zero-order chi connectivity index (χ0) is 14.7. The number of hydrogen-bond acceptors (Lipinski definition) is 3. The van der Waals surface area contributed by atoms with Crippen molar-refractivity contribution in [3.05, 3.63) is 59.3 Å². The lowest BCUT2D eigenvalue weighted by Crippen LogP contribution is -2.28. The SMILES string of the molecule is CNC(=O)c1cccnc1N1CCCc2ccccc2C1. The van der Waals surface area contributed by atoms with Crippen molar-refractivity contribution in [1.82, 2.24) is 10.3 Å². The molecule has 1 aliphatic heterocycles. The van der Waals surface area contributed by atoms with Gasteiger partial charge in [0.25, 0.3) is 5.91 Å². The molecule has 1 N–H and O–H groups in total. The van der Waals surface area contributed by atoms with Gasteiger partial charge in [-0.05, 0) is 36.1 Å². The molecule has 0 saturated carbocycles. The van der Waals surface area contributed by atoms with E-state index in [0.717, 1.165) is 31.7 Å². The number of benzene rings is 1. The number of carbonyl (C=O) groups excluding carboxylic acids is 1. The molecule has 2 aromatic rings. The molecule has 21 heavy (non-hydrogen) atoms. The van der Waals surface area contributed by atoms with Crippen LogP contribution in [0.3, 0.4) is 0 Å². The normalized spacial score (nSPS) is 14.2. The summed E-state index contributed by atoms with van der Waals surface area (Å²) in [5.74, 6) is 0.684. The quantitative estimate of drug-likeness (QED) is 0.919. The van der Waals surface area contributed by atoms with Crippen LogP contribution < -0.4 is 10.2 Å². The lowest BCUT2D eigenvalue weighted by atomic mass is 10.0. The minimum atomic E-state index is -0.0874. The maximum atomic E-state index is 12.0. The predicted molar refractivity (Wildman–Crippen MR) is 83.4 cm³/mol. The molecule has 1 amide bonds. The minimum absolute atomic E-state index is 0.0874. The molecule has 0 bridgehead atoms. The molecule has 0 atom stereocenters. The van der Waals surface area contributed by atoms with Gasteiger partial charge in [-0.1, -0.05) is 24.3 Å². The number of aromatic nitrogens is 1. The van der Waals surface area contributed by atoms with Gasteiger partial charge >= 0.3 is 0 Å². The number of amides is 1. The highest BCUT2D eigenvalue weighted by molar-refractivity contribution is 5.98. The fourth-order valence-corrected chi connectivity index (χ4v) is 2.84. The van der Waals surface area contributed by atoms with E-state index < -0.39 is 0 Å². The molecule has 1 aromatic carbocycles. The van der Waals surface area contributed by atoms with Crippen LogP contribution in [0.1, 0.15) is 27.9 Å². The van der Waals surface area contributed by atoms with Gasteiger partial charge in [-0.15, -0.1) is 0 Å². The van der Waals surface area contributed by atoms with Crippen LogP contribution in [0.2, 0.25) is 0 Å². The zero-order valence-corrected chi connectivity index (χ0v) is 12.2. The smallest absolute Gasteiger partial charge is 0.254 e. The van der Waals surface area contributed by atoms with Gasteiger partial charge in [-0.3, -0.25) is 4.79 Å². The molecule has 3 rings (SSSR count). The van der Waals surface area contributed by atoms with E-state index in [-0.39, 0.29) is 5.91 Å². The van der Waals surface area contributed by atoms with E-state index in [1.807, 2.05) is 6.07 Å². The minimum Gasteiger partial charge on any atom is -0.355 e. The molecular formula is C17H19N3O. The average Bonchev–Trinajstić information content (AvgIpc) is 2.76. The highest BCUT2D eigenvalue weighted by Crippen LogP contribution is 2.24. The Bertz CT molecular complexity index is 654. The number of pyridine rings is 1. The molecule has 0 fully saturated rings. The standard InChI is InChI=1S/C17H19N3O/c1-18-17(21)15-9-4-10-19-16(15)20-11-5-8-13-6-2-3-7-14(13)12-20/h2-4,6-7,9-10H,5,8,11-12H2,1H3,(H,18,21). The van der Waals surface area contributed by atoms with Crippen molar-refractivity contribution >= 4 is 11.7 Å². The topological polar surface area (TPSA) is 45.2 Å².